The van der Waals surface area contributed by atoms with Gasteiger partial charge in [-0.15, -0.1) is 0 Å². The molecule has 304 valence electrons. The highest BCUT2D eigenvalue weighted by molar-refractivity contribution is 7.46. The smallest absolute Gasteiger partial charge is 0.462 e. The van der Waals surface area contributed by atoms with Crippen LogP contribution in [0.5, 0.6) is 0 Å². The van der Waals surface area contributed by atoms with Crippen LogP contribution in [0.15, 0.2) is 72.9 Å². The zero-order valence-corrected chi connectivity index (χ0v) is 33.7. The van der Waals surface area contributed by atoms with Crippen LogP contribution < -0.4 is 0 Å². The Morgan fingerprint density at radius 3 is 1.85 bits per heavy atom. The maximum Gasteiger partial charge on any atom is 0.469 e. The number of hydrogen-bond donors (Lipinski definition) is 4. The van der Waals surface area contributed by atoms with Gasteiger partial charge in [0.2, 0.25) is 0 Å². The van der Waals surface area contributed by atoms with E-state index in [9.17, 15) is 24.4 Å². The third-order valence-electron chi connectivity index (χ3n) is 8.09. The van der Waals surface area contributed by atoms with E-state index in [-0.39, 0.29) is 19.4 Å². The number of carbonyl (C=O) groups is 2. The topological polar surface area (TPSA) is 160 Å². The number of ether oxygens (including phenoxy) is 2. The number of esters is 2. The van der Waals surface area contributed by atoms with Crippen molar-refractivity contribution >= 4 is 19.8 Å². The van der Waals surface area contributed by atoms with Gasteiger partial charge in [-0.25, -0.2) is 4.57 Å². The molecule has 0 rings (SSSR count). The first-order valence-electron chi connectivity index (χ1n) is 19.8. The van der Waals surface area contributed by atoms with Gasteiger partial charge in [0.25, 0.3) is 0 Å². The molecule has 4 N–H and O–H groups in total. The maximum absolute atomic E-state index is 12.4. The summed E-state index contributed by atoms with van der Waals surface area (Å²) in [5, 5.41) is 19.9. The monoisotopic (exact) mass is 766 g/mol. The number of phosphoric acid groups is 1. The molecule has 0 aromatic rings. The molecular weight excluding hydrogens is 695 g/mol. The summed E-state index contributed by atoms with van der Waals surface area (Å²) in [4.78, 5) is 42.8. The summed E-state index contributed by atoms with van der Waals surface area (Å²) in [6, 6.07) is 0. The molecule has 0 unspecified atom stereocenters. The van der Waals surface area contributed by atoms with E-state index in [1.54, 1.807) is 30.4 Å². The number of phosphoric ester groups is 1. The van der Waals surface area contributed by atoms with E-state index in [1.165, 1.54) is 51.4 Å². The Labute approximate surface area is 320 Å². The highest BCUT2D eigenvalue weighted by atomic mass is 31.2. The molecule has 0 saturated carbocycles. The van der Waals surface area contributed by atoms with Crippen LogP contribution in [0.25, 0.3) is 0 Å². The Morgan fingerprint density at radius 2 is 1.25 bits per heavy atom. The first kappa shape index (κ1) is 50.4. The molecule has 0 fully saturated rings. The fourth-order valence-corrected chi connectivity index (χ4v) is 5.48. The first-order chi connectivity index (χ1) is 25.4. The zero-order chi connectivity index (χ0) is 39.4. The third-order valence-corrected chi connectivity index (χ3v) is 8.58. The number of hydrogen-bond acceptors (Lipinski definition) is 8. The van der Waals surface area contributed by atoms with E-state index < -0.39 is 44.7 Å². The number of carbonyl (C=O) groups excluding carboxylic acids is 2. The van der Waals surface area contributed by atoms with Crippen molar-refractivity contribution in [1.82, 2.24) is 0 Å². The average molecular weight is 767 g/mol. The standard InChI is InChI=1S/C42H71O10P/c1-4-5-21-29-38(43)30-23-17-13-11-14-18-24-31-39(44)32-25-20-27-34-42(46)52-40(36-51-53(47,48)49)35-50-41(45)33-26-19-15-10-8-6-7-9-12-16-22-28-37(2)3/h5,13-14,17-18,21,23-25,30-32,37-40,43-44H,4,6-12,15-16,19-20,22,26-29,33-36H2,1-3H3,(H2,47,48,49)/b17-13-,18-14-,21-5-,30-23+,31-24+,32-25-/t38-,39-,40+/m0/s1. The van der Waals surface area contributed by atoms with Crippen molar-refractivity contribution in [3.05, 3.63) is 72.9 Å². The van der Waals surface area contributed by atoms with Gasteiger partial charge in [-0.1, -0.05) is 164 Å². The minimum absolute atomic E-state index is 0.0231. The average Bonchev–Trinajstić information content (AvgIpc) is 3.10. The van der Waals surface area contributed by atoms with Crippen LogP contribution in [0, 0.1) is 5.92 Å². The second-order valence-corrected chi connectivity index (χ2v) is 15.0. The molecule has 0 amide bonds. The Hall–Kier alpha value is -2.59. The quantitative estimate of drug-likeness (QED) is 0.0163. The van der Waals surface area contributed by atoms with Crippen molar-refractivity contribution in [3.63, 3.8) is 0 Å². The predicted molar refractivity (Wildman–Crippen MR) is 214 cm³/mol. The molecule has 53 heavy (non-hydrogen) atoms. The summed E-state index contributed by atoms with van der Waals surface area (Å²) in [5.41, 5.74) is 0. The van der Waals surface area contributed by atoms with Gasteiger partial charge in [-0.05, 0) is 44.4 Å². The van der Waals surface area contributed by atoms with Crippen molar-refractivity contribution in [2.45, 2.75) is 161 Å². The lowest BCUT2D eigenvalue weighted by Gasteiger charge is -2.18. The number of aliphatic hydroxyl groups excluding tert-OH is 2. The minimum Gasteiger partial charge on any atom is -0.462 e. The molecule has 0 bridgehead atoms. The summed E-state index contributed by atoms with van der Waals surface area (Å²) in [5.74, 6) is -0.278. The summed E-state index contributed by atoms with van der Waals surface area (Å²) < 4.78 is 26.2. The van der Waals surface area contributed by atoms with Gasteiger partial charge < -0.3 is 29.5 Å². The molecule has 0 aromatic carbocycles. The largest absolute Gasteiger partial charge is 0.469 e. The fourth-order valence-electron chi connectivity index (χ4n) is 5.12. The third kappa shape index (κ3) is 38.9. The summed E-state index contributed by atoms with van der Waals surface area (Å²) in [6.45, 7) is 5.63. The van der Waals surface area contributed by atoms with Crippen molar-refractivity contribution in [1.29, 1.82) is 0 Å². The Morgan fingerprint density at radius 1 is 0.660 bits per heavy atom. The van der Waals surface area contributed by atoms with Gasteiger partial charge >= 0.3 is 19.8 Å². The Balaban J connectivity index is 4.24. The molecule has 0 heterocycles. The Bertz CT molecular complexity index is 1130. The zero-order valence-electron chi connectivity index (χ0n) is 32.8. The number of rotatable bonds is 34. The predicted octanol–water partition coefficient (Wildman–Crippen LogP) is 9.70. The van der Waals surface area contributed by atoms with Gasteiger partial charge in [0.15, 0.2) is 6.10 Å². The van der Waals surface area contributed by atoms with Crippen LogP contribution in [0.3, 0.4) is 0 Å². The van der Waals surface area contributed by atoms with Gasteiger partial charge in [0, 0.05) is 12.8 Å². The lowest BCUT2D eigenvalue weighted by molar-refractivity contribution is -0.161. The lowest BCUT2D eigenvalue weighted by atomic mass is 10.0. The highest BCUT2D eigenvalue weighted by Gasteiger charge is 2.22. The molecule has 0 spiro atoms. The highest BCUT2D eigenvalue weighted by Crippen LogP contribution is 2.36. The van der Waals surface area contributed by atoms with Gasteiger partial charge in [-0.3, -0.25) is 14.1 Å². The van der Waals surface area contributed by atoms with Crippen molar-refractivity contribution in [2.24, 2.45) is 5.92 Å². The summed E-state index contributed by atoms with van der Waals surface area (Å²) in [6.07, 6.45) is 37.1. The van der Waals surface area contributed by atoms with Crippen LogP contribution in [0.2, 0.25) is 0 Å². The van der Waals surface area contributed by atoms with Crippen LogP contribution in [0.1, 0.15) is 143 Å². The van der Waals surface area contributed by atoms with E-state index in [1.807, 2.05) is 42.5 Å². The second-order valence-electron chi connectivity index (χ2n) is 13.8. The van der Waals surface area contributed by atoms with E-state index >= 15 is 0 Å². The second kappa shape index (κ2) is 35.1. The molecule has 0 aliphatic rings. The van der Waals surface area contributed by atoms with Gasteiger partial charge in [0.1, 0.15) is 6.61 Å². The van der Waals surface area contributed by atoms with Crippen molar-refractivity contribution in [3.8, 4) is 0 Å². The normalized spacial score (nSPS) is 14.6. The molecule has 10 nitrogen and oxygen atoms in total. The first-order valence-corrected chi connectivity index (χ1v) is 21.4. The lowest BCUT2D eigenvalue weighted by Crippen LogP contribution is -2.29. The Kier molecular flexibility index (Phi) is 33.4. The molecule has 0 radical (unpaired) electrons. The maximum atomic E-state index is 12.4. The number of aliphatic hydroxyl groups is 2. The molecular formula is C42H71O10P. The number of allylic oxidation sites excluding steroid dienone is 8. The van der Waals surface area contributed by atoms with E-state index in [0.29, 0.717) is 32.1 Å². The van der Waals surface area contributed by atoms with E-state index in [0.717, 1.165) is 31.6 Å². The van der Waals surface area contributed by atoms with Crippen LogP contribution in [-0.2, 0) is 28.2 Å². The van der Waals surface area contributed by atoms with Gasteiger partial charge in [0.05, 0.1) is 18.8 Å². The summed E-state index contributed by atoms with van der Waals surface area (Å²) >= 11 is 0. The SMILES string of the molecule is CC/C=C\C[C@H](O)/C=C/C=C\C/C=C\C=C\[C@H](O)/C=C\CCCC(=O)O[C@H](COC(=O)CCCCCCCCCCCCCC(C)C)COP(=O)(O)O. The minimum atomic E-state index is -4.81. The van der Waals surface area contributed by atoms with Crippen LogP contribution >= 0.6 is 7.82 Å². The molecule has 0 aliphatic heterocycles. The molecule has 11 heteroatoms. The fraction of sp³-hybridized carbons (Fsp3) is 0.667. The summed E-state index contributed by atoms with van der Waals surface area (Å²) in [7, 11) is -4.81. The van der Waals surface area contributed by atoms with Crippen molar-refractivity contribution in [2.75, 3.05) is 13.2 Å². The molecule has 0 aliphatic carbocycles. The van der Waals surface area contributed by atoms with Gasteiger partial charge in [-0.2, -0.15) is 0 Å². The van der Waals surface area contributed by atoms with E-state index in [2.05, 4.69) is 25.3 Å². The van der Waals surface area contributed by atoms with Crippen molar-refractivity contribution < 1.29 is 48.2 Å². The number of unbranched alkanes of at least 4 members (excludes halogenated alkanes) is 11. The van der Waals surface area contributed by atoms with Crippen LogP contribution in [0.4, 0.5) is 0 Å². The van der Waals surface area contributed by atoms with Crippen LogP contribution in [-0.4, -0.2) is 63.5 Å². The molecule has 0 saturated heterocycles. The van der Waals surface area contributed by atoms with E-state index in [4.69, 9.17) is 19.3 Å². The molecule has 3 atom stereocenters. The molecule has 0 aromatic heterocycles.